The van der Waals surface area contributed by atoms with Crippen LogP contribution in [0.15, 0.2) is 122 Å². The second kappa shape index (κ2) is 53.7. The van der Waals surface area contributed by atoms with E-state index in [-0.39, 0.29) is 25.9 Å². The van der Waals surface area contributed by atoms with Crippen LogP contribution in [0.3, 0.4) is 0 Å². The summed E-state index contributed by atoms with van der Waals surface area (Å²) >= 11 is 0. The predicted octanol–water partition coefficient (Wildman–Crippen LogP) is 16.0. The van der Waals surface area contributed by atoms with E-state index < -0.39 is 67.3 Å². The van der Waals surface area contributed by atoms with Gasteiger partial charge in [0.15, 0.2) is 24.6 Å². The summed E-state index contributed by atoms with van der Waals surface area (Å²) in [5, 5.41) is 31.5. The molecule has 0 saturated carbocycles. The molecule has 1 saturated heterocycles. The summed E-state index contributed by atoms with van der Waals surface area (Å²) in [5.41, 5.74) is 0. The number of aliphatic carboxylic acids is 1. The van der Waals surface area contributed by atoms with E-state index >= 15 is 0 Å². The summed E-state index contributed by atoms with van der Waals surface area (Å²) in [6.45, 7) is 5.67. The Kier molecular flexibility index (Phi) is 49.1. The fourth-order valence-corrected chi connectivity index (χ4v) is 8.39. The van der Waals surface area contributed by atoms with Gasteiger partial charge in [0.2, 0.25) is 0 Å². The smallest absolute Gasteiger partial charge is 0.335 e. The fraction of sp³-hybridized carbons (Fsp3) is 0.642. The molecule has 79 heavy (non-hydrogen) atoms. The second-order valence-corrected chi connectivity index (χ2v) is 20.2. The molecule has 0 bridgehead atoms. The van der Waals surface area contributed by atoms with Crippen LogP contribution in [0.25, 0.3) is 0 Å². The first-order chi connectivity index (χ1) is 38.6. The van der Waals surface area contributed by atoms with Crippen molar-refractivity contribution in [3.05, 3.63) is 122 Å². The summed E-state index contributed by atoms with van der Waals surface area (Å²) in [5.74, 6) is -3.25. The number of ether oxygens (including phenoxy) is 5. The lowest BCUT2D eigenvalue weighted by atomic mass is 9.98. The molecule has 0 amide bonds. The zero-order valence-electron chi connectivity index (χ0n) is 49.1. The van der Waals surface area contributed by atoms with Crippen molar-refractivity contribution < 1.29 is 58.2 Å². The number of carboxylic acids is 1. The van der Waals surface area contributed by atoms with Gasteiger partial charge in [-0.1, -0.05) is 206 Å². The molecule has 12 heteroatoms. The van der Waals surface area contributed by atoms with Gasteiger partial charge in [0.1, 0.15) is 18.8 Å². The molecule has 0 aromatic rings. The van der Waals surface area contributed by atoms with Crippen molar-refractivity contribution in [3.63, 3.8) is 0 Å². The summed E-state index contributed by atoms with van der Waals surface area (Å²) in [6, 6.07) is 0. The third-order valence-electron chi connectivity index (χ3n) is 13.0. The molecule has 446 valence electrons. The van der Waals surface area contributed by atoms with Crippen LogP contribution in [-0.4, -0.2) is 89.2 Å². The molecule has 6 unspecified atom stereocenters. The number of esters is 3. The van der Waals surface area contributed by atoms with E-state index in [0.717, 1.165) is 141 Å². The molecule has 0 spiro atoms. The number of rotatable bonds is 50. The maximum absolute atomic E-state index is 13.2. The molecule has 12 nitrogen and oxygen atoms in total. The summed E-state index contributed by atoms with van der Waals surface area (Å²) in [4.78, 5) is 51.2. The number of aliphatic hydroxyl groups is 2. The molecule has 1 rings (SSSR count). The molecule has 1 heterocycles. The Morgan fingerprint density at radius 2 is 0.810 bits per heavy atom. The Morgan fingerprint density at radius 1 is 0.430 bits per heavy atom. The minimum absolute atomic E-state index is 0.0377. The highest BCUT2D eigenvalue weighted by Gasteiger charge is 2.50. The average molecular weight is 1100 g/mol. The van der Waals surface area contributed by atoms with Crippen LogP contribution in [-0.2, 0) is 42.9 Å². The molecule has 3 N–H and O–H groups in total. The first kappa shape index (κ1) is 72.1. The summed E-state index contributed by atoms with van der Waals surface area (Å²) < 4.78 is 28.4. The number of carbonyl (C=O) groups excluding carboxylic acids is 3. The van der Waals surface area contributed by atoms with E-state index in [1.54, 1.807) is 0 Å². The van der Waals surface area contributed by atoms with Crippen molar-refractivity contribution in [3.8, 4) is 0 Å². The van der Waals surface area contributed by atoms with E-state index in [1.165, 1.54) is 19.3 Å². The zero-order valence-corrected chi connectivity index (χ0v) is 49.1. The Bertz CT molecular complexity index is 1840. The van der Waals surface area contributed by atoms with E-state index in [4.69, 9.17) is 23.7 Å². The van der Waals surface area contributed by atoms with Crippen molar-refractivity contribution >= 4 is 23.9 Å². The predicted molar refractivity (Wildman–Crippen MR) is 321 cm³/mol. The molecule has 0 aliphatic carbocycles. The molecule has 1 aliphatic heterocycles. The van der Waals surface area contributed by atoms with E-state index in [2.05, 4.69) is 136 Å². The third-order valence-corrected chi connectivity index (χ3v) is 13.0. The van der Waals surface area contributed by atoms with Crippen LogP contribution in [0, 0.1) is 0 Å². The molecule has 0 radical (unpaired) electrons. The SMILES string of the molecule is CC/C=C\C/C=C\C/C=C\C/C=C\C/C=C\CCCC(=O)OCC(COC1OC(C(=O)O)C(O)C(O)C1OC(=O)CCCCCCCCC/C=C\C/C=C\CCCCC)OC(=O)CCCCCCC/C=C\C/C=C\C/C=C\CC. The molecular formula is C67H106O12. The van der Waals surface area contributed by atoms with Gasteiger partial charge in [-0.15, -0.1) is 0 Å². The largest absolute Gasteiger partial charge is 0.479 e. The normalized spacial score (nSPS) is 18.7. The minimum atomic E-state index is -1.92. The highest BCUT2D eigenvalue weighted by atomic mass is 16.7. The van der Waals surface area contributed by atoms with Crippen molar-refractivity contribution in [2.24, 2.45) is 0 Å². The lowest BCUT2D eigenvalue weighted by Crippen LogP contribution is -2.61. The maximum atomic E-state index is 13.2. The quantitative estimate of drug-likeness (QED) is 0.0228. The Balaban J connectivity index is 2.74. The van der Waals surface area contributed by atoms with Crippen LogP contribution >= 0.6 is 0 Å². The first-order valence-corrected chi connectivity index (χ1v) is 30.5. The number of unbranched alkanes of at least 4 members (excludes halogenated alkanes) is 16. The van der Waals surface area contributed by atoms with Crippen LogP contribution in [0.4, 0.5) is 0 Å². The lowest BCUT2D eigenvalue weighted by Gasteiger charge is -2.40. The highest BCUT2D eigenvalue weighted by molar-refractivity contribution is 5.74. The fourth-order valence-electron chi connectivity index (χ4n) is 8.39. The van der Waals surface area contributed by atoms with Crippen LogP contribution in [0.5, 0.6) is 0 Å². The van der Waals surface area contributed by atoms with E-state index in [9.17, 15) is 34.5 Å². The van der Waals surface area contributed by atoms with Gasteiger partial charge >= 0.3 is 23.9 Å². The van der Waals surface area contributed by atoms with Gasteiger partial charge in [-0.05, 0) is 122 Å². The summed E-state index contributed by atoms with van der Waals surface area (Å²) in [6.07, 6.45) is 61.6. The molecule has 0 aromatic heterocycles. The second-order valence-electron chi connectivity index (χ2n) is 20.2. The Labute approximate surface area is 478 Å². The molecule has 1 aliphatic rings. The Hall–Kier alpha value is -4.88. The number of hydrogen-bond acceptors (Lipinski definition) is 11. The summed E-state index contributed by atoms with van der Waals surface area (Å²) in [7, 11) is 0. The number of aliphatic hydroxyl groups excluding tert-OH is 2. The van der Waals surface area contributed by atoms with Crippen LogP contribution < -0.4 is 0 Å². The Morgan fingerprint density at radius 3 is 1.25 bits per heavy atom. The highest BCUT2D eigenvalue weighted by Crippen LogP contribution is 2.26. The lowest BCUT2D eigenvalue weighted by molar-refractivity contribution is -0.301. The van der Waals surface area contributed by atoms with Gasteiger partial charge < -0.3 is 39.0 Å². The monoisotopic (exact) mass is 1100 g/mol. The van der Waals surface area contributed by atoms with E-state index in [1.807, 2.05) is 6.08 Å². The van der Waals surface area contributed by atoms with Crippen molar-refractivity contribution in [1.82, 2.24) is 0 Å². The van der Waals surface area contributed by atoms with Crippen molar-refractivity contribution in [2.75, 3.05) is 13.2 Å². The molecule has 6 atom stereocenters. The zero-order chi connectivity index (χ0) is 57.5. The topological polar surface area (TPSA) is 175 Å². The minimum Gasteiger partial charge on any atom is -0.479 e. The van der Waals surface area contributed by atoms with Gasteiger partial charge in [-0.2, -0.15) is 0 Å². The third kappa shape index (κ3) is 43.6. The number of hydrogen-bond donors (Lipinski definition) is 3. The first-order valence-electron chi connectivity index (χ1n) is 30.5. The van der Waals surface area contributed by atoms with Gasteiger partial charge in [-0.3, -0.25) is 14.4 Å². The standard InChI is InChI=1S/C67H106O12/c1-4-7-10-13-16-19-22-25-28-30-33-35-38-41-44-47-50-53-59(68)75-56-58(77-60(69)54-51-48-45-42-39-36-32-27-24-21-18-15-12-9-6-3)57-76-67-65(63(72)62(71)64(79-67)66(73)74)78-61(70)55-52-49-46-43-40-37-34-31-29-26-23-20-17-14-11-8-5-2/h7,9-10,12,16-21,25-29,32-33,35,41,44,58,62-65,67,71-72H,4-6,8,11,13-15,22-24,30-31,34,36-40,42-43,45-57H2,1-3H3,(H,73,74)/b10-7-,12-9-,19-16-,20-17-,21-18-,28-25-,29-26-,32-27-,35-33-,44-41-. The van der Waals surface area contributed by atoms with Gasteiger partial charge in [0.05, 0.1) is 6.61 Å². The number of carbonyl (C=O) groups is 4. The molecule has 1 fully saturated rings. The van der Waals surface area contributed by atoms with Gasteiger partial charge in [0.25, 0.3) is 0 Å². The van der Waals surface area contributed by atoms with Crippen LogP contribution in [0.1, 0.15) is 226 Å². The van der Waals surface area contributed by atoms with Crippen LogP contribution in [0.2, 0.25) is 0 Å². The molecular weight excluding hydrogens is 997 g/mol. The van der Waals surface area contributed by atoms with Crippen molar-refractivity contribution in [1.29, 1.82) is 0 Å². The average Bonchev–Trinajstić information content (AvgIpc) is 3.47. The number of carboxylic acid groups (broad SMARTS) is 1. The van der Waals surface area contributed by atoms with Gasteiger partial charge in [0, 0.05) is 19.3 Å². The van der Waals surface area contributed by atoms with E-state index in [0.29, 0.717) is 25.7 Å². The number of allylic oxidation sites excluding steroid dienone is 20. The molecule has 0 aromatic carbocycles. The maximum Gasteiger partial charge on any atom is 0.335 e. The van der Waals surface area contributed by atoms with Gasteiger partial charge in [-0.25, -0.2) is 4.79 Å². The van der Waals surface area contributed by atoms with Crippen molar-refractivity contribution in [2.45, 2.75) is 263 Å².